The highest BCUT2D eigenvalue weighted by atomic mass is 15.0. The highest BCUT2D eigenvalue weighted by molar-refractivity contribution is 5.26. The van der Waals surface area contributed by atoms with Crippen LogP contribution in [0, 0.1) is 5.92 Å². The SMILES string of the molecule is CC(C)Cc1ccc(C2CCN2)cc1. The van der Waals surface area contributed by atoms with Gasteiger partial charge in [-0.1, -0.05) is 38.1 Å². The zero-order valence-electron chi connectivity index (χ0n) is 9.09. The van der Waals surface area contributed by atoms with Gasteiger partial charge in [0.1, 0.15) is 0 Å². The molecule has 1 fully saturated rings. The lowest BCUT2D eigenvalue weighted by Gasteiger charge is -2.28. The molecule has 1 aliphatic heterocycles. The van der Waals surface area contributed by atoms with Crippen LogP contribution in [0.1, 0.15) is 37.4 Å². The van der Waals surface area contributed by atoms with Gasteiger partial charge in [0.05, 0.1) is 0 Å². The minimum atomic E-state index is 0.628. The van der Waals surface area contributed by atoms with Crippen molar-refractivity contribution in [2.24, 2.45) is 5.92 Å². The molecule has 1 nitrogen and oxygen atoms in total. The van der Waals surface area contributed by atoms with Gasteiger partial charge in [-0.25, -0.2) is 0 Å². The summed E-state index contributed by atoms with van der Waals surface area (Å²) in [5.41, 5.74) is 2.91. The zero-order chi connectivity index (χ0) is 9.97. The Morgan fingerprint density at radius 3 is 2.36 bits per heavy atom. The maximum atomic E-state index is 3.42. The number of rotatable bonds is 3. The van der Waals surface area contributed by atoms with Gasteiger partial charge in [0.25, 0.3) is 0 Å². The van der Waals surface area contributed by atoms with Gasteiger partial charge >= 0.3 is 0 Å². The van der Waals surface area contributed by atoms with Gasteiger partial charge < -0.3 is 5.32 Å². The largest absolute Gasteiger partial charge is 0.310 e. The van der Waals surface area contributed by atoms with E-state index in [0.717, 1.165) is 5.92 Å². The normalized spacial score (nSPS) is 20.9. The minimum Gasteiger partial charge on any atom is -0.310 e. The van der Waals surface area contributed by atoms with E-state index >= 15 is 0 Å². The molecule has 1 heterocycles. The van der Waals surface area contributed by atoms with Gasteiger partial charge in [0, 0.05) is 6.04 Å². The summed E-state index contributed by atoms with van der Waals surface area (Å²) in [6, 6.07) is 9.72. The van der Waals surface area contributed by atoms with Crippen LogP contribution in [0.4, 0.5) is 0 Å². The van der Waals surface area contributed by atoms with Gasteiger partial charge in [-0.3, -0.25) is 0 Å². The van der Waals surface area contributed by atoms with E-state index in [9.17, 15) is 0 Å². The fourth-order valence-corrected chi connectivity index (χ4v) is 1.93. The molecule has 0 aromatic heterocycles. The molecule has 0 aliphatic carbocycles. The molecule has 0 radical (unpaired) electrons. The Hall–Kier alpha value is -0.820. The molecular weight excluding hydrogens is 170 g/mol. The Kier molecular flexibility index (Phi) is 2.87. The van der Waals surface area contributed by atoms with Crippen LogP contribution in [0.25, 0.3) is 0 Å². The van der Waals surface area contributed by atoms with Crippen molar-refractivity contribution in [3.05, 3.63) is 35.4 Å². The molecule has 76 valence electrons. The Labute approximate surface area is 86.5 Å². The Morgan fingerprint density at radius 2 is 1.93 bits per heavy atom. The van der Waals surface area contributed by atoms with E-state index in [1.807, 2.05) is 0 Å². The van der Waals surface area contributed by atoms with Crippen molar-refractivity contribution in [3.8, 4) is 0 Å². The van der Waals surface area contributed by atoms with Crippen LogP contribution in [0.5, 0.6) is 0 Å². The lowest BCUT2D eigenvalue weighted by atomic mass is 9.95. The summed E-state index contributed by atoms with van der Waals surface area (Å²) < 4.78 is 0. The first kappa shape index (κ1) is 9.72. The van der Waals surface area contributed by atoms with Gasteiger partial charge in [0.15, 0.2) is 0 Å². The average Bonchev–Trinajstić information content (AvgIpc) is 2.04. The molecule has 1 N–H and O–H groups in total. The second-order valence-electron chi connectivity index (χ2n) is 4.63. The fourth-order valence-electron chi connectivity index (χ4n) is 1.93. The van der Waals surface area contributed by atoms with Gasteiger partial charge in [-0.05, 0) is 36.4 Å². The molecule has 0 amide bonds. The van der Waals surface area contributed by atoms with Crippen molar-refractivity contribution in [3.63, 3.8) is 0 Å². The van der Waals surface area contributed by atoms with Crippen molar-refractivity contribution >= 4 is 0 Å². The van der Waals surface area contributed by atoms with Gasteiger partial charge in [-0.15, -0.1) is 0 Å². The van der Waals surface area contributed by atoms with Crippen molar-refractivity contribution in [1.29, 1.82) is 0 Å². The molecule has 1 aliphatic rings. The van der Waals surface area contributed by atoms with E-state index in [1.165, 1.54) is 30.5 Å². The highest BCUT2D eigenvalue weighted by Gasteiger charge is 2.17. The quantitative estimate of drug-likeness (QED) is 0.771. The lowest BCUT2D eigenvalue weighted by molar-refractivity contribution is 0.383. The van der Waals surface area contributed by atoms with E-state index < -0.39 is 0 Å². The standard InChI is InChI=1S/C13H19N/c1-10(2)9-11-3-5-12(6-4-11)13-7-8-14-13/h3-6,10,13-14H,7-9H2,1-2H3. The highest BCUT2D eigenvalue weighted by Crippen LogP contribution is 2.23. The molecule has 0 saturated carbocycles. The topological polar surface area (TPSA) is 12.0 Å². The van der Waals surface area contributed by atoms with Gasteiger partial charge in [0.2, 0.25) is 0 Å². The summed E-state index contributed by atoms with van der Waals surface area (Å²) in [7, 11) is 0. The molecule has 1 unspecified atom stereocenters. The molecule has 0 spiro atoms. The minimum absolute atomic E-state index is 0.628. The molecule has 1 aromatic carbocycles. The first-order valence-corrected chi connectivity index (χ1v) is 5.58. The Balaban J connectivity index is 2.02. The molecule has 1 atom stereocenters. The van der Waals surface area contributed by atoms with E-state index in [4.69, 9.17) is 0 Å². The first-order valence-electron chi connectivity index (χ1n) is 5.58. The smallest absolute Gasteiger partial charge is 0.0332 e. The van der Waals surface area contributed by atoms with Crippen LogP contribution < -0.4 is 5.32 Å². The fraction of sp³-hybridized carbons (Fsp3) is 0.538. The summed E-state index contributed by atoms with van der Waals surface area (Å²) in [4.78, 5) is 0. The summed E-state index contributed by atoms with van der Waals surface area (Å²) in [5, 5.41) is 3.42. The molecule has 1 saturated heterocycles. The van der Waals surface area contributed by atoms with Crippen LogP contribution >= 0.6 is 0 Å². The number of benzene rings is 1. The van der Waals surface area contributed by atoms with Gasteiger partial charge in [-0.2, -0.15) is 0 Å². The Morgan fingerprint density at radius 1 is 1.29 bits per heavy atom. The third-order valence-electron chi connectivity index (χ3n) is 2.85. The summed E-state index contributed by atoms with van der Waals surface area (Å²) in [6.07, 6.45) is 2.49. The van der Waals surface area contributed by atoms with Crippen LogP contribution in [0.3, 0.4) is 0 Å². The number of hydrogen-bond donors (Lipinski definition) is 1. The van der Waals surface area contributed by atoms with Crippen molar-refractivity contribution in [1.82, 2.24) is 5.32 Å². The molecule has 0 bridgehead atoms. The van der Waals surface area contributed by atoms with E-state index in [-0.39, 0.29) is 0 Å². The van der Waals surface area contributed by atoms with E-state index in [0.29, 0.717) is 6.04 Å². The first-order chi connectivity index (χ1) is 6.75. The van der Waals surface area contributed by atoms with E-state index in [2.05, 4.69) is 43.4 Å². The predicted molar refractivity (Wildman–Crippen MR) is 60.3 cm³/mol. The van der Waals surface area contributed by atoms with Crippen molar-refractivity contribution < 1.29 is 0 Å². The second kappa shape index (κ2) is 4.14. The summed E-state index contributed by atoms with van der Waals surface area (Å²) >= 11 is 0. The van der Waals surface area contributed by atoms with Crippen LogP contribution in [0.15, 0.2) is 24.3 Å². The van der Waals surface area contributed by atoms with Crippen LogP contribution in [-0.2, 0) is 6.42 Å². The van der Waals surface area contributed by atoms with Crippen molar-refractivity contribution in [2.75, 3.05) is 6.54 Å². The predicted octanol–water partition coefficient (Wildman–Crippen LogP) is 2.92. The molecular formula is C13H19N. The van der Waals surface area contributed by atoms with Crippen molar-refractivity contribution in [2.45, 2.75) is 32.7 Å². The molecule has 2 rings (SSSR count). The number of nitrogens with one attached hydrogen (secondary N) is 1. The zero-order valence-corrected chi connectivity index (χ0v) is 9.09. The third-order valence-corrected chi connectivity index (χ3v) is 2.85. The monoisotopic (exact) mass is 189 g/mol. The summed E-state index contributed by atoms with van der Waals surface area (Å²) in [6.45, 7) is 5.71. The maximum Gasteiger partial charge on any atom is 0.0332 e. The van der Waals surface area contributed by atoms with Crippen LogP contribution in [0.2, 0.25) is 0 Å². The average molecular weight is 189 g/mol. The van der Waals surface area contributed by atoms with Crippen LogP contribution in [-0.4, -0.2) is 6.54 Å². The lowest BCUT2D eigenvalue weighted by Crippen LogP contribution is -2.34. The van der Waals surface area contributed by atoms with E-state index in [1.54, 1.807) is 0 Å². The second-order valence-corrected chi connectivity index (χ2v) is 4.63. The third kappa shape index (κ3) is 2.16. The maximum absolute atomic E-state index is 3.42. The molecule has 1 aromatic rings. The molecule has 1 heteroatoms. The Bertz CT molecular complexity index is 283. The number of hydrogen-bond acceptors (Lipinski definition) is 1. The molecule has 14 heavy (non-hydrogen) atoms. The summed E-state index contributed by atoms with van der Waals surface area (Å²) in [5.74, 6) is 0.752.